The largest absolute Gasteiger partial charge is 0.299 e. The number of carbonyl (C=O) groups is 2. The van der Waals surface area contributed by atoms with Crippen LogP contribution in [0.3, 0.4) is 0 Å². The van der Waals surface area contributed by atoms with Crippen LogP contribution < -0.4 is 0 Å². The molecular formula is C5H10O2P2. The van der Waals surface area contributed by atoms with Crippen LogP contribution in [0.15, 0.2) is 0 Å². The molecule has 0 radical (unpaired) electrons. The van der Waals surface area contributed by atoms with Crippen molar-refractivity contribution in [2.75, 3.05) is 12.3 Å². The van der Waals surface area contributed by atoms with Gasteiger partial charge in [-0.1, -0.05) is 17.2 Å². The smallest absolute Gasteiger partial charge is 0.138 e. The van der Waals surface area contributed by atoms with Gasteiger partial charge in [0.1, 0.15) is 12.1 Å². The van der Waals surface area contributed by atoms with E-state index in [0.717, 1.165) is 30.8 Å². The average Bonchev–Trinajstić information content (AvgIpc) is 1.89. The van der Waals surface area contributed by atoms with Gasteiger partial charge >= 0.3 is 0 Å². The van der Waals surface area contributed by atoms with E-state index in [1.54, 1.807) is 0 Å². The molecule has 0 saturated heterocycles. The molecule has 0 aliphatic carbocycles. The molecule has 0 spiro atoms. The molecule has 0 aromatic carbocycles. The van der Waals surface area contributed by atoms with Crippen LogP contribution in [0.2, 0.25) is 0 Å². The molecule has 0 fully saturated rings. The molecule has 52 valence electrons. The Morgan fingerprint density at radius 2 is 1.44 bits per heavy atom. The highest BCUT2D eigenvalue weighted by atomic mass is 31.1. The second-order valence-corrected chi connectivity index (χ2v) is 3.79. The van der Waals surface area contributed by atoms with Crippen molar-refractivity contribution in [1.29, 1.82) is 0 Å². The van der Waals surface area contributed by atoms with Gasteiger partial charge in [0.15, 0.2) is 0 Å². The zero-order chi connectivity index (χ0) is 6.95. The highest BCUT2D eigenvalue weighted by molar-refractivity contribution is 7.55. The molecule has 2 atom stereocenters. The Bertz CT molecular complexity index is 75.0. The number of carbonyl (C=O) groups excluding carboxylic acids is 2. The number of hydrogen-bond donors (Lipinski definition) is 0. The summed E-state index contributed by atoms with van der Waals surface area (Å²) in [7, 11) is 0.868. The maximum atomic E-state index is 9.78. The third-order valence-electron chi connectivity index (χ3n) is 0.809. The maximum absolute atomic E-state index is 9.78. The highest BCUT2D eigenvalue weighted by Crippen LogP contribution is 2.11. The highest BCUT2D eigenvalue weighted by Gasteiger charge is 1.85. The number of hydrogen-bond acceptors (Lipinski definition) is 2. The lowest BCUT2D eigenvalue weighted by atomic mass is 10.6. The first kappa shape index (κ1) is 9.20. The molecular weight excluding hydrogens is 154 g/mol. The SMILES string of the molecule is O=CPCCCPC=O. The fourth-order valence-corrected chi connectivity index (χ4v) is 1.76. The van der Waals surface area contributed by atoms with Gasteiger partial charge in [-0.05, 0) is 18.7 Å². The Hall–Kier alpha value is 0.200. The summed E-state index contributed by atoms with van der Waals surface area (Å²) >= 11 is 0. The van der Waals surface area contributed by atoms with Crippen LogP contribution in [-0.4, -0.2) is 24.4 Å². The van der Waals surface area contributed by atoms with Crippen molar-refractivity contribution in [1.82, 2.24) is 0 Å². The zero-order valence-electron chi connectivity index (χ0n) is 5.09. The fourth-order valence-electron chi connectivity index (χ4n) is 0.410. The average molecular weight is 164 g/mol. The van der Waals surface area contributed by atoms with Gasteiger partial charge in [0.05, 0.1) is 0 Å². The first-order valence-corrected chi connectivity index (χ1v) is 5.32. The summed E-state index contributed by atoms with van der Waals surface area (Å²) in [6.07, 6.45) is 2.95. The van der Waals surface area contributed by atoms with Gasteiger partial charge in [0, 0.05) is 0 Å². The lowest BCUT2D eigenvalue weighted by Crippen LogP contribution is -1.79. The van der Waals surface area contributed by atoms with Gasteiger partial charge in [-0.25, -0.2) is 0 Å². The summed E-state index contributed by atoms with van der Waals surface area (Å²) in [6.45, 7) is 0. The molecule has 0 aromatic rings. The molecule has 0 rings (SSSR count). The summed E-state index contributed by atoms with van der Waals surface area (Å²) in [5.41, 5.74) is 0. The van der Waals surface area contributed by atoms with Crippen molar-refractivity contribution < 1.29 is 9.59 Å². The molecule has 0 aliphatic heterocycles. The predicted molar refractivity (Wildman–Crippen MR) is 44.5 cm³/mol. The van der Waals surface area contributed by atoms with E-state index in [1.807, 2.05) is 0 Å². The van der Waals surface area contributed by atoms with E-state index < -0.39 is 0 Å². The predicted octanol–water partition coefficient (Wildman–Crippen LogP) is 1.11. The zero-order valence-corrected chi connectivity index (χ0v) is 7.09. The third kappa shape index (κ3) is 8.20. The van der Waals surface area contributed by atoms with Crippen LogP contribution in [-0.2, 0) is 9.59 Å². The standard InChI is InChI=1S/C5H10O2P2/c6-4-8-2-1-3-9-5-7/h4-5,8-9H,1-3H2. The minimum absolute atomic E-state index is 0.434. The molecule has 2 nitrogen and oxygen atoms in total. The van der Waals surface area contributed by atoms with Crippen LogP contribution in [0.4, 0.5) is 0 Å². The number of rotatable bonds is 6. The van der Waals surface area contributed by atoms with Crippen LogP contribution in [0, 0.1) is 0 Å². The quantitative estimate of drug-likeness (QED) is 0.335. The molecule has 0 N–H and O–H groups in total. The Morgan fingerprint density at radius 3 is 1.78 bits per heavy atom. The van der Waals surface area contributed by atoms with Gasteiger partial charge in [-0.15, -0.1) is 0 Å². The Balaban J connectivity index is 2.74. The third-order valence-corrected chi connectivity index (χ3v) is 2.43. The first-order valence-electron chi connectivity index (χ1n) is 2.76. The Kier molecular flexibility index (Phi) is 8.38. The van der Waals surface area contributed by atoms with E-state index in [4.69, 9.17) is 0 Å². The minimum Gasteiger partial charge on any atom is -0.299 e. The van der Waals surface area contributed by atoms with Crippen molar-refractivity contribution in [2.24, 2.45) is 0 Å². The summed E-state index contributed by atoms with van der Waals surface area (Å²) < 4.78 is 0. The van der Waals surface area contributed by atoms with Crippen LogP contribution >= 0.6 is 17.2 Å². The van der Waals surface area contributed by atoms with E-state index in [0.29, 0.717) is 17.2 Å². The lowest BCUT2D eigenvalue weighted by Gasteiger charge is -1.90. The molecule has 0 bridgehead atoms. The molecule has 0 aliphatic rings. The summed E-state index contributed by atoms with van der Waals surface area (Å²) in [6, 6.07) is 1.90. The van der Waals surface area contributed by atoms with Crippen molar-refractivity contribution in [3.63, 3.8) is 0 Å². The van der Waals surface area contributed by atoms with E-state index in [1.165, 1.54) is 0 Å². The summed E-state index contributed by atoms with van der Waals surface area (Å²) in [5, 5.41) is 0. The molecule has 4 heteroatoms. The fraction of sp³-hybridized carbons (Fsp3) is 0.600. The van der Waals surface area contributed by atoms with Gasteiger partial charge in [0.25, 0.3) is 0 Å². The second kappa shape index (κ2) is 8.20. The lowest BCUT2D eigenvalue weighted by molar-refractivity contribution is 0.569. The monoisotopic (exact) mass is 164 g/mol. The molecule has 0 amide bonds. The normalized spacial score (nSPS) is 11.6. The molecule has 0 saturated carbocycles. The van der Waals surface area contributed by atoms with Crippen LogP contribution in [0.25, 0.3) is 0 Å². The molecule has 0 heterocycles. The maximum Gasteiger partial charge on any atom is 0.138 e. The van der Waals surface area contributed by atoms with Gasteiger partial charge in [-0.3, -0.25) is 9.59 Å². The molecule has 2 unspecified atom stereocenters. The molecule has 0 aromatic heterocycles. The van der Waals surface area contributed by atoms with Crippen molar-refractivity contribution >= 4 is 29.2 Å². The van der Waals surface area contributed by atoms with Crippen molar-refractivity contribution in [2.45, 2.75) is 6.42 Å². The second-order valence-electron chi connectivity index (χ2n) is 1.50. The topological polar surface area (TPSA) is 34.1 Å². The van der Waals surface area contributed by atoms with E-state index in [9.17, 15) is 9.59 Å². The van der Waals surface area contributed by atoms with Crippen molar-refractivity contribution in [3.8, 4) is 0 Å². The van der Waals surface area contributed by atoms with Gasteiger partial charge in [-0.2, -0.15) is 0 Å². The van der Waals surface area contributed by atoms with E-state index in [-0.39, 0.29) is 0 Å². The van der Waals surface area contributed by atoms with E-state index >= 15 is 0 Å². The summed E-state index contributed by atoms with van der Waals surface area (Å²) in [4.78, 5) is 19.6. The van der Waals surface area contributed by atoms with Gasteiger partial charge < -0.3 is 0 Å². The van der Waals surface area contributed by atoms with Gasteiger partial charge in [0.2, 0.25) is 0 Å². The molecule has 9 heavy (non-hydrogen) atoms. The minimum atomic E-state index is 0.434. The first-order chi connectivity index (χ1) is 4.41. The van der Waals surface area contributed by atoms with Crippen molar-refractivity contribution in [3.05, 3.63) is 0 Å². The van der Waals surface area contributed by atoms with Crippen LogP contribution in [0.5, 0.6) is 0 Å². The Morgan fingerprint density at radius 1 is 1.00 bits per heavy atom. The Labute approximate surface area is 58.4 Å². The van der Waals surface area contributed by atoms with Crippen LogP contribution in [0.1, 0.15) is 6.42 Å². The van der Waals surface area contributed by atoms with E-state index in [2.05, 4.69) is 0 Å². The summed E-state index contributed by atoms with van der Waals surface area (Å²) in [5.74, 6) is 0.